The van der Waals surface area contributed by atoms with Crippen LogP contribution in [0.4, 0.5) is 0 Å². The molecule has 0 saturated heterocycles. The van der Waals surface area contributed by atoms with E-state index in [0.29, 0.717) is 6.61 Å². The molecule has 0 aromatic carbocycles. The van der Waals surface area contributed by atoms with E-state index in [0.717, 1.165) is 5.69 Å². The van der Waals surface area contributed by atoms with Crippen LogP contribution >= 0.6 is 0 Å². The lowest BCUT2D eigenvalue weighted by atomic mass is 10.4. The predicted octanol–water partition coefficient (Wildman–Crippen LogP) is 0.870. The van der Waals surface area contributed by atoms with Gasteiger partial charge in [0.25, 0.3) is 0 Å². The van der Waals surface area contributed by atoms with E-state index < -0.39 is 5.97 Å². The van der Waals surface area contributed by atoms with Gasteiger partial charge in [0, 0.05) is 19.9 Å². The van der Waals surface area contributed by atoms with Crippen molar-refractivity contribution in [3.8, 4) is 0 Å². The highest BCUT2D eigenvalue weighted by atomic mass is 16.5. The van der Waals surface area contributed by atoms with Crippen molar-refractivity contribution < 1.29 is 14.6 Å². The number of carboxylic acids is 1. The van der Waals surface area contributed by atoms with Gasteiger partial charge in [0.2, 0.25) is 0 Å². The van der Waals surface area contributed by atoms with E-state index in [1.807, 2.05) is 0 Å². The van der Waals surface area contributed by atoms with Gasteiger partial charge in [-0.2, -0.15) is 0 Å². The van der Waals surface area contributed by atoms with Gasteiger partial charge in [-0.15, -0.1) is 0 Å². The molecule has 1 aromatic heterocycles. The summed E-state index contributed by atoms with van der Waals surface area (Å²) in [4.78, 5) is 10.6. The molecule has 0 bridgehead atoms. The van der Waals surface area contributed by atoms with Crippen LogP contribution in [0.25, 0.3) is 0 Å². The quantitative estimate of drug-likeness (QED) is 0.730. The molecule has 12 heavy (non-hydrogen) atoms. The Bertz CT molecular complexity index is 290. The second kappa shape index (κ2) is 3.40. The van der Waals surface area contributed by atoms with Gasteiger partial charge < -0.3 is 14.4 Å². The molecule has 0 aliphatic heterocycles. The summed E-state index contributed by atoms with van der Waals surface area (Å²) >= 11 is 0. The minimum absolute atomic E-state index is 0.280. The Balaban J connectivity index is 2.96. The van der Waals surface area contributed by atoms with Crippen molar-refractivity contribution >= 4 is 5.97 Å². The van der Waals surface area contributed by atoms with Crippen LogP contribution in [0, 0.1) is 0 Å². The number of carbonyl (C=O) groups is 1. The van der Waals surface area contributed by atoms with E-state index in [-0.39, 0.29) is 5.69 Å². The summed E-state index contributed by atoms with van der Waals surface area (Å²) in [5, 5.41) is 8.69. The zero-order valence-corrected chi connectivity index (χ0v) is 7.07. The number of hydrogen-bond donors (Lipinski definition) is 1. The summed E-state index contributed by atoms with van der Waals surface area (Å²) in [5.41, 5.74) is 1.14. The molecule has 0 aliphatic carbocycles. The molecule has 1 aromatic rings. The summed E-state index contributed by atoms with van der Waals surface area (Å²) in [6.45, 7) is 0.434. The van der Waals surface area contributed by atoms with Crippen molar-refractivity contribution in [1.29, 1.82) is 0 Å². The van der Waals surface area contributed by atoms with Gasteiger partial charge in [-0.25, -0.2) is 4.79 Å². The first-order valence-electron chi connectivity index (χ1n) is 3.53. The number of carboxylic acid groups (broad SMARTS) is 1. The van der Waals surface area contributed by atoms with Crippen LogP contribution in [0.15, 0.2) is 12.1 Å². The Kier molecular flexibility index (Phi) is 2.50. The Labute approximate surface area is 70.4 Å². The van der Waals surface area contributed by atoms with Gasteiger partial charge >= 0.3 is 5.97 Å². The molecule has 66 valence electrons. The van der Waals surface area contributed by atoms with Crippen molar-refractivity contribution in [2.75, 3.05) is 7.11 Å². The molecule has 1 rings (SSSR count). The zero-order valence-electron chi connectivity index (χ0n) is 7.07. The maximum absolute atomic E-state index is 10.6. The number of methoxy groups -OCH3 is 1. The third kappa shape index (κ3) is 1.48. The third-order valence-corrected chi connectivity index (χ3v) is 1.74. The Morgan fingerprint density at radius 2 is 2.33 bits per heavy atom. The SMILES string of the molecule is COCc1ccc(C(=O)O)n1C. The number of nitrogens with zero attached hydrogens (tertiary/aromatic N) is 1. The largest absolute Gasteiger partial charge is 0.477 e. The van der Waals surface area contributed by atoms with E-state index in [1.165, 1.54) is 0 Å². The first-order chi connectivity index (χ1) is 5.66. The van der Waals surface area contributed by atoms with E-state index in [4.69, 9.17) is 9.84 Å². The van der Waals surface area contributed by atoms with Crippen LogP contribution in [-0.2, 0) is 18.4 Å². The van der Waals surface area contributed by atoms with Gasteiger partial charge in [0.05, 0.1) is 6.61 Å². The number of rotatable bonds is 3. The summed E-state index contributed by atoms with van der Waals surface area (Å²) in [6.07, 6.45) is 0. The van der Waals surface area contributed by atoms with Gasteiger partial charge in [-0.3, -0.25) is 0 Å². The van der Waals surface area contributed by atoms with Crippen LogP contribution in [-0.4, -0.2) is 22.8 Å². The monoisotopic (exact) mass is 169 g/mol. The molecule has 0 aliphatic rings. The third-order valence-electron chi connectivity index (χ3n) is 1.74. The van der Waals surface area contributed by atoms with Crippen molar-refractivity contribution in [3.05, 3.63) is 23.5 Å². The molecule has 1 heterocycles. The molecule has 4 nitrogen and oxygen atoms in total. The Hall–Kier alpha value is -1.29. The fourth-order valence-electron chi connectivity index (χ4n) is 1.06. The highest BCUT2D eigenvalue weighted by molar-refractivity contribution is 5.86. The maximum atomic E-state index is 10.6. The number of aromatic nitrogens is 1. The smallest absolute Gasteiger partial charge is 0.352 e. The summed E-state index contributed by atoms with van der Waals surface area (Å²) in [5.74, 6) is -0.917. The minimum Gasteiger partial charge on any atom is -0.477 e. The molecule has 0 atom stereocenters. The zero-order chi connectivity index (χ0) is 9.14. The molecule has 0 saturated carbocycles. The lowest BCUT2D eigenvalue weighted by Gasteiger charge is -2.02. The van der Waals surface area contributed by atoms with E-state index in [1.54, 1.807) is 30.9 Å². The van der Waals surface area contributed by atoms with Gasteiger partial charge in [0.1, 0.15) is 5.69 Å². The van der Waals surface area contributed by atoms with Crippen LogP contribution < -0.4 is 0 Å². The highest BCUT2D eigenvalue weighted by Crippen LogP contribution is 2.07. The Morgan fingerprint density at radius 1 is 1.67 bits per heavy atom. The van der Waals surface area contributed by atoms with Gasteiger partial charge in [0.15, 0.2) is 0 Å². The standard InChI is InChI=1S/C8H11NO3/c1-9-6(5-12-2)3-4-7(9)8(10)11/h3-4H,5H2,1-2H3,(H,10,11). The topological polar surface area (TPSA) is 51.5 Å². The maximum Gasteiger partial charge on any atom is 0.352 e. The van der Waals surface area contributed by atoms with Crippen molar-refractivity contribution in [2.24, 2.45) is 7.05 Å². The molecule has 0 amide bonds. The molecular formula is C8H11NO3. The molecule has 1 N–H and O–H groups in total. The minimum atomic E-state index is -0.917. The van der Waals surface area contributed by atoms with Crippen molar-refractivity contribution in [3.63, 3.8) is 0 Å². The molecule has 4 heteroatoms. The van der Waals surface area contributed by atoms with Crippen LogP contribution in [0.1, 0.15) is 16.2 Å². The summed E-state index contributed by atoms with van der Waals surface area (Å²) < 4.78 is 6.49. The fourth-order valence-corrected chi connectivity index (χ4v) is 1.06. The normalized spacial score (nSPS) is 10.2. The van der Waals surface area contributed by atoms with Crippen molar-refractivity contribution in [1.82, 2.24) is 4.57 Å². The molecule has 0 spiro atoms. The average molecular weight is 169 g/mol. The van der Waals surface area contributed by atoms with Gasteiger partial charge in [-0.05, 0) is 12.1 Å². The molecule has 0 fully saturated rings. The number of hydrogen-bond acceptors (Lipinski definition) is 2. The first-order valence-corrected chi connectivity index (χ1v) is 3.53. The summed E-state index contributed by atoms with van der Waals surface area (Å²) in [7, 11) is 3.28. The average Bonchev–Trinajstić information content (AvgIpc) is 2.34. The first kappa shape index (κ1) is 8.80. The number of ether oxygens (including phenoxy) is 1. The molecular weight excluding hydrogens is 158 g/mol. The second-order valence-corrected chi connectivity index (χ2v) is 2.51. The summed E-state index contributed by atoms with van der Waals surface area (Å²) in [6, 6.07) is 3.31. The van der Waals surface area contributed by atoms with E-state index in [9.17, 15) is 4.79 Å². The number of aromatic carboxylic acids is 1. The van der Waals surface area contributed by atoms with Gasteiger partial charge in [-0.1, -0.05) is 0 Å². The van der Waals surface area contributed by atoms with Crippen molar-refractivity contribution in [2.45, 2.75) is 6.61 Å². The lowest BCUT2D eigenvalue weighted by Crippen LogP contribution is -2.07. The second-order valence-electron chi connectivity index (χ2n) is 2.51. The van der Waals surface area contributed by atoms with Crippen LogP contribution in [0.3, 0.4) is 0 Å². The van der Waals surface area contributed by atoms with E-state index in [2.05, 4.69) is 0 Å². The lowest BCUT2D eigenvalue weighted by molar-refractivity contribution is 0.0685. The van der Waals surface area contributed by atoms with E-state index >= 15 is 0 Å². The Morgan fingerprint density at radius 3 is 2.75 bits per heavy atom. The fraction of sp³-hybridized carbons (Fsp3) is 0.375. The predicted molar refractivity (Wildman–Crippen MR) is 43.1 cm³/mol. The highest BCUT2D eigenvalue weighted by Gasteiger charge is 2.09. The van der Waals surface area contributed by atoms with Crippen LogP contribution in [0.5, 0.6) is 0 Å². The molecule has 0 radical (unpaired) electrons. The van der Waals surface area contributed by atoms with Crippen LogP contribution in [0.2, 0.25) is 0 Å². The molecule has 0 unspecified atom stereocenters.